The van der Waals surface area contributed by atoms with Gasteiger partial charge in [0, 0.05) is 10.5 Å². The molecule has 6 nitrogen and oxygen atoms in total. The first-order valence-electron chi connectivity index (χ1n) is 6.34. The van der Waals surface area contributed by atoms with Crippen LogP contribution in [0, 0.1) is 0 Å². The van der Waals surface area contributed by atoms with Gasteiger partial charge in [0.05, 0.1) is 5.56 Å². The minimum atomic E-state index is -0.648. The monoisotopic (exact) mass is 366 g/mol. The van der Waals surface area contributed by atoms with Crippen molar-refractivity contribution in [3.05, 3.63) is 58.6 Å². The van der Waals surface area contributed by atoms with Crippen LogP contribution >= 0.6 is 15.9 Å². The molecule has 0 heterocycles. The SMILES string of the molecule is C/C=C/C=C/C(=O)OCC(=O)NNC(=O)c1ccccc1Br. The summed E-state index contributed by atoms with van der Waals surface area (Å²) in [5.74, 6) is -1.78. The van der Waals surface area contributed by atoms with E-state index in [1.807, 2.05) is 0 Å². The Bertz CT molecular complexity index is 611. The van der Waals surface area contributed by atoms with E-state index in [0.717, 1.165) is 0 Å². The predicted octanol–water partition coefficient (Wildman–Crippen LogP) is 1.89. The van der Waals surface area contributed by atoms with Crippen LogP contribution in [-0.4, -0.2) is 24.4 Å². The van der Waals surface area contributed by atoms with Gasteiger partial charge in [-0.1, -0.05) is 30.4 Å². The molecule has 0 bridgehead atoms. The van der Waals surface area contributed by atoms with E-state index in [2.05, 4.69) is 31.5 Å². The Hall–Kier alpha value is -2.41. The van der Waals surface area contributed by atoms with Crippen molar-refractivity contribution >= 4 is 33.7 Å². The van der Waals surface area contributed by atoms with Crippen LogP contribution in [0.5, 0.6) is 0 Å². The summed E-state index contributed by atoms with van der Waals surface area (Å²) in [6.45, 7) is 1.31. The fraction of sp³-hybridized carbons (Fsp3) is 0.133. The number of hydrogen-bond donors (Lipinski definition) is 2. The largest absolute Gasteiger partial charge is 0.452 e. The van der Waals surface area contributed by atoms with E-state index in [1.165, 1.54) is 12.2 Å². The van der Waals surface area contributed by atoms with E-state index < -0.39 is 24.4 Å². The lowest BCUT2D eigenvalue weighted by Crippen LogP contribution is -2.43. The number of halogens is 1. The molecule has 116 valence electrons. The zero-order chi connectivity index (χ0) is 16.4. The molecule has 0 aliphatic rings. The second-order valence-electron chi connectivity index (χ2n) is 3.97. The summed E-state index contributed by atoms with van der Waals surface area (Å²) in [6, 6.07) is 6.76. The van der Waals surface area contributed by atoms with Gasteiger partial charge in [0.15, 0.2) is 6.61 Å². The van der Waals surface area contributed by atoms with E-state index in [-0.39, 0.29) is 0 Å². The standard InChI is InChI=1S/C15H15BrN2O4/c1-2-3-4-9-14(20)22-10-13(19)17-18-15(21)11-7-5-6-8-12(11)16/h2-9H,10H2,1H3,(H,17,19)(H,18,21)/b3-2+,9-4+. The first-order valence-corrected chi connectivity index (χ1v) is 7.13. The first kappa shape index (κ1) is 17.6. The lowest BCUT2D eigenvalue weighted by atomic mass is 10.2. The molecule has 1 rings (SSSR count). The molecule has 2 amide bonds. The summed E-state index contributed by atoms with van der Waals surface area (Å²) >= 11 is 3.23. The average molecular weight is 367 g/mol. The van der Waals surface area contributed by atoms with Crippen molar-refractivity contribution < 1.29 is 19.1 Å². The molecular formula is C15H15BrN2O4. The fourth-order valence-corrected chi connectivity index (χ4v) is 1.77. The van der Waals surface area contributed by atoms with Crippen LogP contribution in [0.2, 0.25) is 0 Å². The second-order valence-corrected chi connectivity index (χ2v) is 4.83. The maximum atomic E-state index is 11.8. The molecular weight excluding hydrogens is 352 g/mol. The number of benzene rings is 1. The Morgan fingerprint density at radius 3 is 2.59 bits per heavy atom. The van der Waals surface area contributed by atoms with Crippen molar-refractivity contribution in [1.82, 2.24) is 10.9 Å². The third-order valence-electron chi connectivity index (χ3n) is 2.32. The smallest absolute Gasteiger partial charge is 0.331 e. The van der Waals surface area contributed by atoms with Gasteiger partial charge in [0.25, 0.3) is 11.8 Å². The van der Waals surface area contributed by atoms with Gasteiger partial charge in [-0.15, -0.1) is 0 Å². The van der Waals surface area contributed by atoms with Gasteiger partial charge >= 0.3 is 5.97 Å². The highest BCUT2D eigenvalue weighted by molar-refractivity contribution is 9.10. The Morgan fingerprint density at radius 2 is 1.91 bits per heavy atom. The summed E-state index contributed by atoms with van der Waals surface area (Å²) in [5.41, 5.74) is 4.75. The van der Waals surface area contributed by atoms with Crippen molar-refractivity contribution in [3.8, 4) is 0 Å². The van der Waals surface area contributed by atoms with E-state index in [4.69, 9.17) is 0 Å². The maximum Gasteiger partial charge on any atom is 0.331 e. The number of carbonyl (C=O) groups is 3. The van der Waals surface area contributed by atoms with E-state index in [0.29, 0.717) is 10.0 Å². The molecule has 0 aromatic heterocycles. The second kappa shape index (κ2) is 9.51. The third-order valence-corrected chi connectivity index (χ3v) is 3.01. The Balaban J connectivity index is 2.36. The zero-order valence-electron chi connectivity index (χ0n) is 11.8. The number of amides is 2. The average Bonchev–Trinajstić information content (AvgIpc) is 2.51. The molecule has 22 heavy (non-hydrogen) atoms. The maximum absolute atomic E-state index is 11.8. The van der Waals surface area contributed by atoms with Crippen LogP contribution in [0.1, 0.15) is 17.3 Å². The molecule has 2 N–H and O–H groups in total. The molecule has 0 saturated carbocycles. The molecule has 0 unspecified atom stereocenters. The van der Waals surface area contributed by atoms with Gasteiger partial charge in [0.1, 0.15) is 0 Å². The van der Waals surface area contributed by atoms with Crippen LogP contribution < -0.4 is 10.9 Å². The Kier molecular flexibility index (Phi) is 7.63. The summed E-state index contributed by atoms with van der Waals surface area (Å²) in [7, 11) is 0. The van der Waals surface area contributed by atoms with Crippen molar-refractivity contribution in [2.24, 2.45) is 0 Å². The number of allylic oxidation sites excluding steroid dienone is 3. The van der Waals surface area contributed by atoms with Crippen LogP contribution in [0.3, 0.4) is 0 Å². The molecule has 0 spiro atoms. The van der Waals surface area contributed by atoms with E-state index >= 15 is 0 Å². The van der Waals surface area contributed by atoms with Gasteiger partial charge in [-0.3, -0.25) is 20.4 Å². The lowest BCUT2D eigenvalue weighted by molar-refractivity contribution is -0.144. The quantitative estimate of drug-likeness (QED) is 0.360. The highest BCUT2D eigenvalue weighted by Gasteiger charge is 2.10. The van der Waals surface area contributed by atoms with Crippen molar-refractivity contribution in [2.45, 2.75) is 6.92 Å². The molecule has 1 aromatic carbocycles. The number of esters is 1. The van der Waals surface area contributed by atoms with E-state index in [9.17, 15) is 14.4 Å². The molecule has 0 atom stereocenters. The topological polar surface area (TPSA) is 84.5 Å². The summed E-state index contributed by atoms with van der Waals surface area (Å²) < 4.78 is 5.28. The normalized spacial score (nSPS) is 10.6. The van der Waals surface area contributed by atoms with Crippen LogP contribution in [0.25, 0.3) is 0 Å². The number of nitrogens with one attached hydrogen (secondary N) is 2. The molecule has 0 radical (unpaired) electrons. The number of carbonyl (C=O) groups excluding carboxylic acids is 3. The zero-order valence-corrected chi connectivity index (χ0v) is 13.4. The fourth-order valence-electron chi connectivity index (χ4n) is 1.31. The minimum Gasteiger partial charge on any atom is -0.452 e. The number of hydrogen-bond acceptors (Lipinski definition) is 4. The number of ether oxygens (including phenoxy) is 1. The molecule has 0 saturated heterocycles. The molecule has 1 aromatic rings. The molecule has 7 heteroatoms. The minimum absolute atomic E-state index is 0.370. The molecule has 0 aliphatic carbocycles. The predicted molar refractivity (Wildman–Crippen MR) is 84.7 cm³/mol. The van der Waals surface area contributed by atoms with Gasteiger partial charge in [-0.2, -0.15) is 0 Å². The van der Waals surface area contributed by atoms with Crippen molar-refractivity contribution in [2.75, 3.05) is 6.61 Å². The number of hydrazine groups is 1. The van der Waals surface area contributed by atoms with Crippen LogP contribution in [0.15, 0.2) is 53.0 Å². The van der Waals surface area contributed by atoms with Gasteiger partial charge in [-0.05, 0) is 35.0 Å². The summed E-state index contributed by atoms with van der Waals surface area (Å²) in [4.78, 5) is 34.5. The molecule has 0 fully saturated rings. The highest BCUT2D eigenvalue weighted by Crippen LogP contribution is 2.14. The van der Waals surface area contributed by atoms with Crippen molar-refractivity contribution in [3.63, 3.8) is 0 Å². The van der Waals surface area contributed by atoms with Gasteiger partial charge in [-0.25, -0.2) is 4.79 Å². The van der Waals surface area contributed by atoms with Crippen molar-refractivity contribution in [1.29, 1.82) is 0 Å². The Morgan fingerprint density at radius 1 is 1.18 bits per heavy atom. The summed E-state index contributed by atoms with van der Waals surface area (Å²) in [5, 5.41) is 0. The summed E-state index contributed by atoms with van der Waals surface area (Å²) in [6.07, 6.45) is 6.08. The first-order chi connectivity index (χ1) is 10.5. The highest BCUT2D eigenvalue weighted by atomic mass is 79.9. The van der Waals surface area contributed by atoms with Gasteiger partial charge in [0.2, 0.25) is 0 Å². The Labute approximate surface area is 136 Å². The third kappa shape index (κ3) is 6.36. The van der Waals surface area contributed by atoms with Gasteiger partial charge < -0.3 is 4.74 Å². The lowest BCUT2D eigenvalue weighted by Gasteiger charge is -2.08. The van der Waals surface area contributed by atoms with Crippen LogP contribution in [-0.2, 0) is 14.3 Å². The van der Waals surface area contributed by atoms with E-state index in [1.54, 1.807) is 43.3 Å². The van der Waals surface area contributed by atoms with Crippen LogP contribution in [0.4, 0.5) is 0 Å². The number of rotatable bonds is 5. The molecule has 0 aliphatic heterocycles.